The second-order valence-corrected chi connectivity index (χ2v) is 8.47. The molecule has 158 valence electrons. The maximum atomic E-state index is 14.9. The van der Waals surface area contributed by atoms with Crippen LogP contribution in [0.25, 0.3) is 11.0 Å². The van der Waals surface area contributed by atoms with Crippen molar-refractivity contribution >= 4 is 16.9 Å². The summed E-state index contributed by atoms with van der Waals surface area (Å²) in [6.07, 6.45) is 8.67. The Labute approximate surface area is 175 Å². The molecule has 2 saturated heterocycles. The third-order valence-electron chi connectivity index (χ3n) is 6.64. The Balaban J connectivity index is 1.57. The van der Waals surface area contributed by atoms with E-state index >= 15 is 0 Å². The zero-order valence-corrected chi connectivity index (χ0v) is 17.6. The Morgan fingerprint density at radius 2 is 2.17 bits per heavy atom. The van der Waals surface area contributed by atoms with Crippen molar-refractivity contribution < 1.29 is 13.9 Å². The van der Waals surface area contributed by atoms with Crippen LogP contribution in [0.1, 0.15) is 57.4 Å². The van der Waals surface area contributed by atoms with Crippen LogP contribution in [0.4, 0.5) is 4.39 Å². The second kappa shape index (κ2) is 8.10. The molecular formula is C23H27FN4O2. The molecular weight excluding hydrogens is 383 g/mol. The van der Waals surface area contributed by atoms with E-state index in [0.29, 0.717) is 17.5 Å². The summed E-state index contributed by atoms with van der Waals surface area (Å²) in [4.78, 5) is 22.6. The minimum Gasteiger partial charge on any atom is -0.492 e. The predicted octanol–water partition coefficient (Wildman–Crippen LogP) is 4.44. The number of hydrogen-bond acceptors (Lipinski definition) is 4. The highest BCUT2D eigenvalue weighted by molar-refractivity contribution is 5.84. The molecule has 2 bridgehead atoms. The van der Waals surface area contributed by atoms with Gasteiger partial charge in [-0.3, -0.25) is 4.79 Å². The molecule has 0 spiro atoms. The second-order valence-electron chi connectivity index (χ2n) is 8.47. The van der Waals surface area contributed by atoms with Gasteiger partial charge in [0, 0.05) is 24.7 Å². The number of hydrogen-bond donors (Lipinski definition) is 1. The number of piperidine rings is 2. The van der Waals surface area contributed by atoms with Gasteiger partial charge in [-0.2, -0.15) is 5.26 Å². The largest absolute Gasteiger partial charge is 0.492 e. The molecule has 2 aliphatic heterocycles. The number of halogens is 1. The van der Waals surface area contributed by atoms with Crippen molar-refractivity contribution in [3.63, 3.8) is 0 Å². The van der Waals surface area contributed by atoms with Crippen LogP contribution >= 0.6 is 0 Å². The maximum Gasteiger partial charge on any atom is 0.223 e. The van der Waals surface area contributed by atoms with Crippen molar-refractivity contribution in [1.82, 2.24) is 14.9 Å². The van der Waals surface area contributed by atoms with Crippen LogP contribution in [-0.4, -0.2) is 40.0 Å². The molecule has 1 amide bonds. The molecule has 7 heteroatoms. The van der Waals surface area contributed by atoms with E-state index in [1.807, 2.05) is 18.7 Å². The minimum atomic E-state index is -0.456. The van der Waals surface area contributed by atoms with Crippen LogP contribution in [-0.2, 0) is 4.79 Å². The Kier molecular flexibility index (Phi) is 5.50. The van der Waals surface area contributed by atoms with E-state index in [1.54, 1.807) is 6.20 Å². The lowest BCUT2D eigenvalue weighted by Crippen LogP contribution is -2.55. The lowest BCUT2D eigenvalue weighted by atomic mass is 9.76. The fourth-order valence-corrected chi connectivity index (χ4v) is 5.15. The number of fused-ring (bicyclic) bond motifs is 3. The van der Waals surface area contributed by atoms with Gasteiger partial charge in [0.1, 0.15) is 5.65 Å². The van der Waals surface area contributed by atoms with Crippen molar-refractivity contribution in [2.24, 2.45) is 5.92 Å². The third-order valence-corrected chi connectivity index (χ3v) is 6.64. The van der Waals surface area contributed by atoms with Gasteiger partial charge in [0.2, 0.25) is 5.91 Å². The Hall–Kier alpha value is -2.88. The summed E-state index contributed by atoms with van der Waals surface area (Å²) in [5, 5.41) is 9.79. The molecule has 30 heavy (non-hydrogen) atoms. The standard InChI is InChI=1S/C23H27FN4O2/c1-4-14-6-16-8-15(10-25)9-17(7-14)28(16)20(29)5-13(2)18-11-26-23-21(18)22(24)19(30-3)12-27-23/h4,11-13,15-17H,5-9H2,1-3H3,(H,26,27). The number of H-pyrrole nitrogens is 1. The van der Waals surface area contributed by atoms with E-state index in [9.17, 15) is 14.4 Å². The van der Waals surface area contributed by atoms with Gasteiger partial charge < -0.3 is 14.6 Å². The molecule has 0 aromatic carbocycles. The van der Waals surface area contributed by atoms with E-state index in [1.165, 1.54) is 18.9 Å². The number of ether oxygens (including phenoxy) is 1. The number of nitriles is 1. The molecule has 3 unspecified atom stereocenters. The Morgan fingerprint density at radius 1 is 1.47 bits per heavy atom. The van der Waals surface area contributed by atoms with Crippen LogP contribution in [0.5, 0.6) is 5.75 Å². The van der Waals surface area contributed by atoms with E-state index < -0.39 is 5.82 Å². The number of aromatic amines is 1. The number of methoxy groups -OCH3 is 1. The van der Waals surface area contributed by atoms with E-state index in [0.717, 1.165) is 31.2 Å². The molecule has 4 heterocycles. The molecule has 1 N–H and O–H groups in total. The van der Waals surface area contributed by atoms with E-state index in [-0.39, 0.29) is 35.6 Å². The SMILES string of the molecule is CC=C1CC2CC(C#N)CC(C1)N2C(=O)CC(C)c1c[nH]c2ncc(OC)c(F)c12. The summed E-state index contributed by atoms with van der Waals surface area (Å²) in [6.45, 7) is 3.98. The normalized spacial score (nSPS) is 24.4. The van der Waals surface area contributed by atoms with Crippen LogP contribution in [0.2, 0.25) is 0 Å². The van der Waals surface area contributed by atoms with Gasteiger partial charge in [-0.05, 0) is 44.1 Å². The molecule has 3 atom stereocenters. The first-order valence-corrected chi connectivity index (χ1v) is 10.5. The Bertz CT molecular complexity index is 1020. The van der Waals surface area contributed by atoms with Gasteiger partial charge in [0.25, 0.3) is 0 Å². The molecule has 2 aromatic rings. The molecule has 2 fully saturated rings. The zero-order valence-electron chi connectivity index (χ0n) is 17.6. The average molecular weight is 410 g/mol. The summed E-state index contributed by atoms with van der Waals surface area (Å²) in [5.74, 6) is -0.447. The number of carbonyl (C=O) groups excluding carboxylic acids is 1. The summed E-state index contributed by atoms with van der Waals surface area (Å²) < 4.78 is 19.9. The Morgan fingerprint density at radius 3 is 2.77 bits per heavy atom. The summed E-state index contributed by atoms with van der Waals surface area (Å²) in [7, 11) is 1.41. The number of allylic oxidation sites excluding steroid dienone is 1. The molecule has 4 rings (SSSR count). The van der Waals surface area contributed by atoms with Crippen molar-refractivity contribution in [2.75, 3.05) is 7.11 Å². The van der Waals surface area contributed by atoms with Crippen molar-refractivity contribution in [3.05, 3.63) is 35.4 Å². The summed E-state index contributed by atoms with van der Waals surface area (Å²) >= 11 is 0. The molecule has 0 saturated carbocycles. The summed E-state index contributed by atoms with van der Waals surface area (Å²) in [5.41, 5.74) is 2.55. The number of carbonyl (C=O) groups is 1. The number of aromatic nitrogens is 2. The van der Waals surface area contributed by atoms with Crippen LogP contribution in [0, 0.1) is 23.1 Å². The van der Waals surface area contributed by atoms with Gasteiger partial charge >= 0.3 is 0 Å². The smallest absolute Gasteiger partial charge is 0.223 e. The van der Waals surface area contributed by atoms with Crippen molar-refractivity contribution in [3.8, 4) is 11.8 Å². The quantitative estimate of drug-likeness (QED) is 0.756. The highest BCUT2D eigenvalue weighted by Gasteiger charge is 2.42. The number of pyridine rings is 1. The average Bonchev–Trinajstić information content (AvgIpc) is 3.17. The first-order chi connectivity index (χ1) is 14.5. The number of nitrogens with one attached hydrogen (secondary N) is 1. The zero-order chi connectivity index (χ0) is 21.4. The van der Waals surface area contributed by atoms with Gasteiger partial charge in [0.15, 0.2) is 11.6 Å². The highest BCUT2D eigenvalue weighted by atomic mass is 19.1. The maximum absolute atomic E-state index is 14.9. The number of rotatable bonds is 4. The molecule has 0 aliphatic carbocycles. The lowest BCUT2D eigenvalue weighted by molar-refractivity contribution is -0.140. The molecule has 2 aromatic heterocycles. The lowest BCUT2D eigenvalue weighted by Gasteiger charge is -2.48. The topological polar surface area (TPSA) is 82.0 Å². The van der Waals surface area contributed by atoms with Gasteiger partial charge in [-0.1, -0.05) is 18.6 Å². The highest BCUT2D eigenvalue weighted by Crippen LogP contribution is 2.40. The van der Waals surface area contributed by atoms with Gasteiger partial charge in [0.05, 0.1) is 30.7 Å². The van der Waals surface area contributed by atoms with Crippen LogP contribution in [0.15, 0.2) is 24.0 Å². The predicted molar refractivity (Wildman–Crippen MR) is 111 cm³/mol. The van der Waals surface area contributed by atoms with E-state index in [2.05, 4.69) is 22.1 Å². The van der Waals surface area contributed by atoms with Crippen LogP contribution < -0.4 is 4.74 Å². The number of nitrogens with zero attached hydrogens (tertiary/aromatic N) is 3. The fraction of sp³-hybridized carbons (Fsp3) is 0.522. The van der Waals surface area contributed by atoms with Gasteiger partial charge in [-0.15, -0.1) is 0 Å². The number of amides is 1. The van der Waals surface area contributed by atoms with Crippen LogP contribution in [0.3, 0.4) is 0 Å². The first kappa shape index (κ1) is 20.4. The minimum absolute atomic E-state index is 0.0149. The molecule has 0 radical (unpaired) electrons. The van der Waals surface area contributed by atoms with Crippen molar-refractivity contribution in [1.29, 1.82) is 5.26 Å². The molecule has 6 nitrogen and oxygen atoms in total. The summed E-state index contributed by atoms with van der Waals surface area (Å²) in [6, 6.07) is 2.56. The monoisotopic (exact) mass is 410 g/mol. The third kappa shape index (κ3) is 3.45. The van der Waals surface area contributed by atoms with Gasteiger partial charge in [-0.25, -0.2) is 9.37 Å². The fourth-order valence-electron chi connectivity index (χ4n) is 5.15. The molecule has 2 aliphatic rings. The van der Waals surface area contributed by atoms with E-state index in [4.69, 9.17) is 4.74 Å². The first-order valence-electron chi connectivity index (χ1n) is 10.5. The van der Waals surface area contributed by atoms with Crippen molar-refractivity contribution in [2.45, 2.75) is 64.0 Å².